The standard InChI is InChI=1S/C16H26N4O/c1-13-6-4-8-16(10-13,20(2)3)12-18-15(21)19-14-7-5-9-17-11-14/h5,7,9,11,13H,4,6,8,10,12H2,1-3H3,(H2,18,19,21)/t13-,16+/m0/s1. The first-order valence-corrected chi connectivity index (χ1v) is 7.64. The van der Waals surface area contributed by atoms with Gasteiger partial charge in [0.1, 0.15) is 0 Å². The van der Waals surface area contributed by atoms with Crippen molar-refractivity contribution >= 4 is 11.7 Å². The van der Waals surface area contributed by atoms with Gasteiger partial charge in [0.2, 0.25) is 0 Å². The predicted octanol–water partition coefficient (Wildman–Crippen LogP) is 2.71. The first-order chi connectivity index (χ1) is 10.0. The number of nitrogens with one attached hydrogen (secondary N) is 2. The Bertz CT molecular complexity index is 463. The van der Waals surface area contributed by atoms with Crippen LogP contribution < -0.4 is 10.6 Å². The van der Waals surface area contributed by atoms with E-state index in [1.54, 1.807) is 18.5 Å². The van der Waals surface area contributed by atoms with E-state index < -0.39 is 0 Å². The molecular formula is C16H26N4O. The summed E-state index contributed by atoms with van der Waals surface area (Å²) in [5.41, 5.74) is 0.787. The van der Waals surface area contributed by atoms with Crippen LogP contribution in [0.25, 0.3) is 0 Å². The molecule has 21 heavy (non-hydrogen) atoms. The first-order valence-electron chi connectivity index (χ1n) is 7.64. The summed E-state index contributed by atoms with van der Waals surface area (Å²) in [7, 11) is 4.22. The van der Waals surface area contributed by atoms with Crippen LogP contribution in [0, 0.1) is 5.92 Å². The van der Waals surface area contributed by atoms with Crippen molar-refractivity contribution in [1.82, 2.24) is 15.2 Å². The molecule has 1 fully saturated rings. The number of hydrogen-bond donors (Lipinski definition) is 2. The number of pyridine rings is 1. The van der Waals surface area contributed by atoms with Gasteiger partial charge in [-0.25, -0.2) is 4.79 Å². The van der Waals surface area contributed by atoms with E-state index >= 15 is 0 Å². The maximum Gasteiger partial charge on any atom is 0.319 e. The molecule has 0 aromatic carbocycles. The normalized spacial score (nSPS) is 25.6. The van der Waals surface area contributed by atoms with Gasteiger partial charge in [-0.15, -0.1) is 0 Å². The van der Waals surface area contributed by atoms with E-state index in [0.29, 0.717) is 18.2 Å². The fourth-order valence-corrected chi connectivity index (χ4v) is 3.21. The molecule has 1 aromatic heterocycles. The zero-order valence-electron chi connectivity index (χ0n) is 13.2. The highest BCUT2D eigenvalue weighted by atomic mass is 16.2. The van der Waals surface area contributed by atoms with Crippen molar-refractivity contribution in [3.8, 4) is 0 Å². The molecule has 0 spiro atoms. The van der Waals surface area contributed by atoms with Crippen molar-refractivity contribution in [3.05, 3.63) is 24.5 Å². The highest BCUT2D eigenvalue weighted by molar-refractivity contribution is 5.89. The molecule has 0 bridgehead atoms. The van der Waals surface area contributed by atoms with E-state index in [2.05, 4.69) is 41.5 Å². The van der Waals surface area contributed by atoms with E-state index in [1.165, 1.54) is 12.8 Å². The van der Waals surface area contributed by atoms with Crippen LogP contribution in [0.1, 0.15) is 32.6 Å². The molecule has 2 amide bonds. The Morgan fingerprint density at radius 2 is 2.33 bits per heavy atom. The molecule has 5 nitrogen and oxygen atoms in total. The minimum absolute atomic E-state index is 0.0734. The number of likely N-dealkylation sites (N-methyl/N-ethyl adjacent to an activating group) is 1. The Hall–Kier alpha value is -1.62. The monoisotopic (exact) mass is 290 g/mol. The van der Waals surface area contributed by atoms with Crippen LogP contribution in [0.2, 0.25) is 0 Å². The lowest BCUT2D eigenvalue weighted by atomic mass is 9.75. The number of rotatable bonds is 4. The number of carbonyl (C=O) groups excluding carboxylic acids is 1. The molecule has 1 saturated carbocycles. The zero-order valence-corrected chi connectivity index (χ0v) is 13.2. The molecule has 1 aliphatic rings. The molecule has 1 aliphatic carbocycles. The maximum absolute atomic E-state index is 12.0. The van der Waals surface area contributed by atoms with Crippen molar-refractivity contribution in [3.63, 3.8) is 0 Å². The van der Waals surface area contributed by atoms with Gasteiger partial charge >= 0.3 is 6.03 Å². The lowest BCUT2D eigenvalue weighted by Crippen LogP contribution is -2.55. The van der Waals surface area contributed by atoms with Crippen LogP contribution in [0.5, 0.6) is 0 Å². The SMILES string of the molecule is C[C@H]1CCC[C@@](CNC(=O)Nc2cccnc2)(N(C)C)C1. The molecule has 1 aromatic rings. The molecule has 2 rings (SSSR count). The second kappa shape index (κ2) is 6.89. The summed E-state index contributed by atoms with van der Waals surface area (Å²) in [6, 6.07) is 3.47. The number of anilines is 1. The average Bonchev–Trinajstić information content (AvgIpc) is 2.46. The molecule has 1 heterocycles. The summed E-state index contributed by atoms with van der Waals surface area (Å²) in [6.07, 6.45) is 8.12. The third kappa shape index (κ3) is 4.17. The van der Waals surface area contributed by atoms with Gasteiger partial charge in [0.25, 0.3) is 0 Å². The molecule has 0 aliphatic heterocycles. The van der Waals surface area contributed by atoms with E-state index in [-0.39, 0.29) is 11.6 Å². The Morgan fingerprint density at radius 1 is 1.52 bits per heavy atom. The topological polar surface area (TPSA) is 57.3 Å². The van der Waals surface area contributed by atoms with Gasteiger partial charge in [-0.05, 0) is 45.0 Å². The molecule has 0 radical (unpaired) electrons. The Morgan fingerprint density at radius 3 is 2.95 bits per heavy atom. The van der Waals surface area contributed by atoms with Crippen LogP contribution in [0.15, 0.2) is 24.5 Å². The fraction of sp³-hybridized carbons (Fsp3) is 0.625. The molecular weight excluding hydrogens is 264 g/mol. The predicted molar refractivity (Wildman–Crippen MR) is 85.3 cm³/mol. The molecule has 116 valence electrons. The number of nitrogens with zero attached hydrogens (tertiary/aromatic N) is 2. The van der Waals surface area contributed by atoms with Crippen molar-refractivity contribution in [2.24, 2.45) is 5.92 Å². The Balaban J connectivity index is 1.91. The van der Waals surface area contributed by atoms with Gasteiger partial charge in [0.15, 0.2) is 0 Å². The summed E-state index contributed by atoms with van der Waals surface area (Å²) >= 11 is 0. The third-order valence-electron chi connectivity index (χ3n) is 4.51. The van der Waals surface area contributed by atoms with Crippen LogP contribution in [-0.4, -0.2) is 42.1 Å². The third-order valence-corrected chi connectivity index (χ3v) is 4.51. The number of carbonyl (C=O) groups is 1. The van der Waals surface area contributed by atoms with E-state index in [1.807, 2.05) is 6.07 Å². The van der Waals surface area contributed by atoms with E-state index in [0.717, 1.165) is 12.8 Å². The summed E-state index contributed by atoms with van der Waals surface area (Å²) in [6.45, 7) is 2.98. The van der Waals surface area contributed by atoms with E-state index in [4.69, 9.17) is 0 Å². The van der Waals surface area contributed by atoms with Crippen molar-refractivity contribution < 1.29 is 4.79 Å². The van der Waals surface area contributed by atoms with Gasteiger partial charge in [-0.3, -0.25) is 4.98 Å². The highest BCUT2D eigenvalue weighted by Gasteiger charge is 2.37. The smallest absolute Gasteiger partial charge is 0.319 e. The molecule has 0 unspecified atom stereocenters. The minimum Gasteiger partial charge on any atom is -0.336 e. The molecule has 2 N–H and O–H groups in total. The second-order valence-corrected chi connectivity index (χ2v) is 6.37. The Labute approximate surface area is 127 Å². The number of urea groups is 1. The molecule has 2 atom stereocenters. The van der Waals surface area contributed by atoms with Crippen molar-refractivity contribution in [2.75, 3.05) is 26.0 Å². The van der Waals surface area contributed by atoms with Gasteiger partial charge in [0.05, 0.1) is 11.9 Å². The quantitative estimate of drug-likeness (QED) is 0.896. The van der Waals surface area contributed by atoms with Crippen LogP contribution in [0.4, 0.5) is 10.5 Å². The first kappa shape index (κ1) is 15.8. The summed E-state index contributed by atoms with van der Waals surface area (Å²) < 4.78 is 0. The van der Waals surface area contributed by atoms with Gasteiger partial charge in [-0.1, -0.05) is 19.8 Å². The van der Waals surface area contributed by atoms with Crippen LogP contribution in [-0.2, 0) is 0 Å². The number of hydrogen-bond acceptors (Lipinski definition) is 3. The van der Waals surface area contributed by atoms with Crippen LogP contribution in [0.3, 0.4) is 0 Å². The van der Waals surface area contributed by atoms with Crippen LogP contribution >= 0.6 is 0 Å². The lowest BCUT2D eigenvalue weighted by Gasteiger charge is -2.45. The van der Waals surface area contributed by atoms with E-state index in [9.17, 15) is 4.79 Å². The fourth-order valence-electron chi connectivity index (χ4n) is 3.21. The number of amides is 2. The molecule has 0 saturated heterocycles. The van der Waals surface area contributed by atoms with Gasteiger partial charge in [0, 0.05) is 18.3 Å². The lowest BCUT2D eigenvalue weighted by molar-refractivity contribution is 0.0779. The number of aromatic nitrogens is 1. The maximum atomic E-state index is 12.0. The van der Waals surface area contributed by atoms with Crippen molar-refractivity contribution in [2.45, 2.75) is 38.1 Å². The summed E-state index contributed by atoms with van der Waals surface area (Å²) in [5.74, 6) is 0.712. The Kier molecular flexibility index (Phi) is 5.17. The minimum atomic E-state index is -0.164. The van der Waals surface area contributed by atoms with Gasteiger partial charge in [-0.2, -0.15) is 0 Å². The molecule has 5 heteroatoms. The van der Waals surface area contributed by atoms with Gasteiger partial charge < -0.3 is 15.5 Å². The van der Waals surface area contributed by atoms with Crippen molar-refractivity contribution in [1.29, 1.82) is 0 Å². The zero-order chi connectivity index (χ0) is 15.3. The summed E-state index contributed by atoms with van der Waals surface area (Å²) in [5, 5.41) is 5.84. The summed E-state index contributed by atoms with van der Waals surface area (Å²) in [4.78, 5) is 18.3. The largest absolute Gasteiger partial charge is 0.336 e. The second-order valence-electron chi connectivity index (χ2n) is 6.37. The average molecular weight is 290 g/mol. The highest BCUT2D eigenvalue weighted by Crippen LogP contribution is 2.35.